The summed E-state index contributed by atoms with van der Waals surface area (Å²) in [7, 11) is 0. The Morgan fingerprint density at radius 3 is 1.52 bits per heavy atom. The smallest absolute Gasteiger partial charge is 0.163 e. The Bertz CT molecular complexity index is 624. The minimum Gasteiger partial charge on any atom is -0.411 e. The normalized spacial score (nSPS) is 14.0. The summed E-state index contributed by atoms with van der Waals surface area (Å²) in [6, 6.07) is 18.1. The van der Waals surface area contributed by atoms with E-state index in [0.717, 1.165) is 23.3 Å². The molecule has 0 aromatic heterocycles. The molecule has 2 atom stereocenters. The summed E-state index contributed by atoms with van der Waals surface area (Å²) >= 11 is 0. The van der Waals surface area contributed by atoms with E-state index >= 15 is 0 Å². The summed E-state index contributed by atoms with van der Waals surface area (Å²) in [6.45, 7) is 0. The highest BCUT2D eigenvalue weighted by Crippen LogP contribution is 2.12. The van der Waals surface area contributed by atoms with Gasteiger partial charge in [0.15, 0.2) is 12.3 Å². The van der Waals surface area contributed by atoms with Crippen molar-refractivity contribution in [2.75, 3.05) is 0 Å². The molecule has 0 aliphatic carbocycles. The molecule has 2 aromatic rings. The van der Waals surface area contributed by atoms with Gasteiger partial charge in [0.25, 0.3) is 0 Å². The van der Waals surface area contributed by atoms with Crippen LogP contribution in [0.4, 0.5) is 8.78 Å². The minimum atomic E-state index is -1.81. The largest absolute Gasteiger partial charge is 0.411 e. The molecule has 0 spiro atoms. The fourth-order valence-corrected chi connectivity index (χ4v) is 1.98. The van der Waals surface area contributed by atoms with E-state index in [1.807, 2.05) is 36.4 Å². The van der Waals surface area contributed by atoms with Crippen molar-refractivity contribution >= 4 is 17.9 Å². The SMILES string of the molecule is ON=C(C(F)C=Cc1ccccc1)C(F)C=Cc1ccccc1. The zero-order chi connectivity index (χ0) is 16.5. The zero-order valence-electron chi connectivity index (χ0n) is 12.4. The Kier molecular flexibility index (Phi) is 6.24. The molecule has 4 heteroatoms. The fourth-order valence-electron chi connectivity index (χ4n) is 1.98. The Hall–Kier alpha value is -2.75. The average molecular weight is 313 g/mol. The van der Waals surface area contributed by atoms with Gasteiger partial charge in [-0.1, -0.05) is 78.0 Å². The van der Waals surface area contributed by atoms with E-state index in [2.05, 4.69) is 5.16 Å². The third-order valence-corrected chi connectivity index (χ3v) is 3.19. The van der Waals surface area contributed by atoms with Crippen LogP contribution in [0.2, 0.25) is 0 Å². The van der Waals surface area contributed by atoms with Crippen LogP contribution in [0.3, 0.4) is 0 Å². The first-order valence-corrected chi connectivity index (χ1v) is 7.17. The molecule has 0 aliphatic heterocycles. The van der Waals surface area contributed by atoms with E-state index in [0.29, 0.717) is 0 Å². The first-order valence-electron chi connectivity index (χ1n) is 7.17. The lowest BCUT2D eigenvalue weighted by Crippen LogP contribution is -2.23. The van der Waals surface area contributed by atoms with Crippen molar-refractivity contribution < 1.29 is 14.0 Å². The second kappa shape index (κ2) is 8.63. The highest BCUT2D eigenvalue weighted by Gasteiger charge is 2.21. The molecule has 0 aliphatic rings. The van der Waals surface area contributed by atoms with Gasteiger partial charge in [0, 0.05) is 0 Å². The van der Waals surface area contributed by atoms with Gasteiger partial charge in [0.05, 0.1) is 0 Å². The van der Waals surface area contributed by atoms with Crippen LogP contribution in [-0.4, -0.2) is 23.3 Å². The van der Waals surface area contributed by atoms with Gasteiger partial charge in [0.1, 0.15) is 5.71 Å². The highest BCUT2D eigenvalue weighted by atomic mass is 19.1. The Morgan fingerprint density at radius 2 is 1.17 bits per heavy atom. The van der Waals surface area contributed by atoms with Gasteiger partial charge in [-0.2, -0.15) is 0 Å². The predicted octanol–water partition coefficient (Wildman–Crippen LogP) is 4.92. The molecule has 2 unspecified atom stereocenters. The van der Waals surface area contributed by atoms with Crippen molar-refractivity contribution in [3.8, 4) is 0 Å². The van der Waals surface area contributed by atoms with E-state index in [1.165, 1.54) is 12.2 Å². The van der Waals surface area contributed by atoms with E-state index in [-0.39, 0.29) is 0 Å². The van der Waals surface area contributed by atoms with Crippen molar-refractivity contribution in [1.82, 2.24) is 0 Å². The first-order chi connectivity index (χ1) is 11.2. The number of oxime groups is 1. The van der Waals surface area contributed by atoms with E-state index in [9.17, 15) is 8.78 Å². The summed E-state index contributed by atoms with van der Waals surface area (Å²) in [6.07, 6.45) is 1.74. The molecule has 0 radical (unpaired) electrons. The molecule has 0 saturated heterocycles. The number of halogens is 2. The maximum absolute atomic E-state index is 14.1. The first kappa shape index (κ1) is 16.6. The van der Waals surface area contributed by atoms with E-state index < -0.39 is 18.1 Å². The fraction of sp³-hybridized carbons (Fsp3) is 0.105. The van der Waals surface area contributed by atoms with Gasteiger partial charge in [-0.15, -0.1) is 0 Å². The van der Waals surface area contributed by atoms with Crippen molar-refractivity contribution in [2.45, 2.75) is 12.3 Å². The van der Waals surface area contributed by atoms with Gasteiger partial charge in [0.2, 0.25) is 0 Å². The Morgan fingerprint density at radius 1 is 0.783 bits per heavy atom. The molecule has 0 saturated carbocycles. The quantitative estimate of drug-likeness (QED) is 0.458. The molecule has 2 aromatic carbocycles. The molecular formula is C19H17F2NO. The Labute approximate surface area is 134 Å². The van der Waals surface area contributed by atoms with Gasteiger partial charge in [-0.25, -0.2) is 8.78 Å². The molecule has 2 nitrogen and oxygen atoms in total. The van der Waals surface area contributed by atoms with Crippen LogP contribution >= 0.6 is 0 Å². The average Bonchev–Trinajstić information content (AvgIpc) is 2.60. The summed E-state index contributed by atoms with van der Waals surface area (Å²) in [5.74, 6) is 0. The number of allylic oxidation sites excluding steroid dienone is 2. The second-order valence-corrected chi connectivity index (χ2v) is 4.87. The maximum atomic E-state index is 14.1. The van der Waals surface area contributed by atoms with E-state index in [4.69, 9.17) is 5.21 Å². The van der Waals surface area contributed by atoms with Crippen molar-refractivity contribution in [3.05, 3.63) is 83.9 Å². The van der Waals surface area contributed by atoms with E-state index in [1.54, 1.807) is 24.3 Å². The lowest BCUT2D eigenvalue weighted by molar-refractivity contribution is 0.303. The zero-order valence-corrected chi connectivity index (χ0v) is 12.4. The van der Waals surface area contributed by atoms with Crippen LogP contribution < -0.4 is 0 Å². The van der Waals surface area contributed by atoms with Crippen LogP contribution in [0.25, 0.3) is 12.2 Å². The van der Waals surface area contributed by atoms with Crippen LogP contribution in [0.5, 0.6) is 0 Å². The number of alkyl halides is 2. The van der Waals surface area contributed by atoms with Gasteiger partial charge in [-0.05, 0) is 23.3 Å². The number of rotatable bonds is 6. The topological polar surface area (TPSA) is 32.6 Å². The van der Waals surface area contributed by atoms with Crippen LogP contribution in [0.15, 0.2) is 78.0 Å². The monoisotopic (exact) mass is 313 g/mol. The van der Waals surface area contributed by atoms with Crippen LogP contribution in [0, 0.1) is 0 Å². The summed E-state index contributed by atoms with van der Waals surface area (Å²) in [4.78, 5) is 0. The van der Waals surface area contributed by atoms with Gasteiger partial charge < -0.3 is 5.21 Å². The van der Waals surface area contributed by atoms with Crippen molar-refractivity contribution in [1.29, 1.82) is 0 Å². The number of hydrogen-bond acceptors (Lipinski definition) is 2. The number of benzene rings is 2. The predicted molar refractivity (Wildman–Crippen MR) is 90.0 cm³/mol. The third-order valence-electron chi connectivity index (χ3n) is 3.19. The number of hydrogen-bond donors (Lipinski definition) is 1. The summed E-state index contributed by atoms with van der Waals surface area (Å²) in [5.41, 5.74) is 0.981. The maximum Gasteiger partial charge on any atom is 0.163 e. The Balaban J connectivity index is 2.03. The highest BCUT2D eigenvalue weighted by molar-refractivity contribution is 5.96. The van der Waals surface area contributed by atoms with Crippen molar-refractivity contribution in [3.63, 3.8) is 0 Å². The van der Waals surface area contributed by atoms with Crippen LogP contribution in [0.1, 0.15) is 11.1 Å². The molecule has 0 heterocycles. The van der Waals surface area contributed by atoms with Gasteiger partial charge >= 0.3 is 0 Å². The molecular weight excluding hydrogens is 296 g/mol. The molecule has 118 valence electrons. The van der Waals surface area contributed by atoms with Crippen LogP contribution in [-0.2, 0) is 0 Å². The molecule has 0 amide bonds. The van der Waals surface area contributed by atoms with Crippen molar-refractivity contribution in [2.24, 2.45) is 5.16 Å². The standard InChI is InChI=1S/C19H17F2NO/c20-17(13-11-15-7-3-1-4-8-15)19(22-23)18(21)14-12-16-9-5-2-6-10-16/h1-14,17-18,23H. The lowest BCUT2D eigenvalue weighted by atomic mass is 10.1. The van der Waals surface area contributed by atoms with Gasteiger partial charge in [-0.3, -0.25) is 0 Å². The molecule has 2 rings (SSSR count). The third kappa shape index (κ3) is 5.18. The summed E-state index contributed by atoms with van der Waals surface area (Å²) in [5, 5.41) is 11.7. The minimum absolute atomic E-state index is 0.579. The lowest BCUT2D eigenvalue weighted by Gasteiger charge is -2.08. The molecule has 1 N–H and O–H groups in total. The molecule has 0 fully saturated rings. The molecule has 23 heavy (non-hydrogen) atoms. The molecule has 0 bridgehead atoms. The second-order valence-electron chi connectivity index (χ2n) is 4.87. The summed E-state index contributed by atoms with van der Waals surface area (Å²) < 4.78 is 28.2. The number of nitrogens with zero attached hydrogens (tertiary/aromatic N) is 1.